The Kier molecular flexibility index (Phi) is 26.1. The number of carbonyl (C=O) groups excluding carboxylic acids is 3. The molecule has 0 aliphatic carbocycles. The molecule has 0 aromatic carbocycles. The van der Waals surface area contributed by atoms with E-state index >= 15 is 0 Å². The van der Waals surface area contributed by atoms with Gasteiger partial charge in [0.1, 0.15) is 18.0 Å². The van der Waals surface area contributed by atoms with Crippen molar-refractivity contribution < 1.29 is 96.9 Å². The molecule has 0 spiro atoms. The average Bonchev–Trinajstić information content (AvgIpc) is 3.49. The number of carboxylic acids is 1. The molecule has 1 amide bonds. The van der Waals surface area contributed by atoms with Crippen LogP contribution in [0.2, 0.25) is 0 Å². The summed E-state index contributed by atoms with van der Waals surface area (Å²) >= 11 is 0. The van der Waals surface area contributed by atoms with Crippen molar-refractivity contribution in [3.8, 4) is 0 Å². The first kappa shape index (κ1) is 50.4. The van der Waals surface area contributed by atoms with Crippen LogP contribution in [0.4, 0.5) is 0 Å². The summed E-state index contributed by atoms with van der Waals surface area (Å²) in [5.41, 5.74) is 0.469. The van der Waals surface area contributed by atoms with Crippen molar-refractivity contribution in [3.05, 3.63) is 12.3 Å². The van der Waals surface area contributed by atoms with Gasteiger partial charge in [0.05, 0.1) is 143 Å². The van der Waals surface area contributed by atoms with Crippen LogP contribution < -0.4 is 0 Å². The molecule has 0 bridgehead atoms. The van der Waals surface area contributed by atoms with Crippen LogP contribution in [0, 0.1) is 5.92 Å². The van der Waals surface area contributed by atoms with E-state index in [-0.39, 0.29) is 64.0 Å². The molecule has 21 heteroatoms. The SMILES string of the molecule is C=C1CCC(=O)N1OC(=O)CCOCCOCCOCCOCCOCCOCCOCCOCCOC1(C(=O)O)CC(O)C(CC(C)=O)C(C(O)C(O)CO)O1. The van der Waals surface area contributed by atoms with E-state index in [1.165, 1.54) is 6.92 Å². The van der Waals surface area contributed by atoms with Gasteiger partial charge >= 0.3 is 11.9 Å². The Bertz CT molecular complexity index is 1160. The van der Waals surface area contributed by atoms with E-state index in [0.29, 0.717) is 91.4 Å². The number of rotatable bonds is 35. The van der Waals surface area contributed by atoms with Gasteiger partial charge in [-0.1, -0.05) is 6.58 Å². The highest BCUT2D eigenvalue weighted by Crippen LogP contribution is 2.38. The Morgan fingerprint density at radius 1 is 0.772 bits per heavy atom. The quantitative estimate of drug-likeness (QED) is 0.0448. The molecule has 6 unspecified atom stereocenters. The van der Waals surface area contributed by atoms with Gasteiger partial charge in [-0.05, 0) is 13.3 Å². The number of amides is 1. The monoisotopic (exact) mass is 827 g/mol. The maximum Gasteiger partial charge on any atom is 0.364 e. The average molecular weight is 828 g/mol. The number of carboxylic acid groups (broad SMARTS) is 1. The molecule has 2 fully saturated rings. The van der Waals surface area contributed by atoms with E-state index in [4.69, 9.17) is 52.2 Å². The Morgan fingerprint density at radius 3 is 1.60 bits per heavy atom. The molecule has 2 saturated heterocycles. The van der Waals surface area contributed by atoms with Crippen molar-refractivity contribution in [1.29, 1.82) is 0 Å². The number of ether oxygens (including phenoxy) is 10. The zero-order chi connectivity index (χ0) is 41.9. The molecule has 0 aromatic rings. The topological polar surface area (TPSA) is 274 Å². The highest BCUT2D eigenvalue weighted by molar-refractivity contribution is 5.82. The van der Waals surface area contributed by atoms with Crippen molar-refractivity contribution in [2.75, 3.05) is 119 Å². The fourth-order valence-corrected chi connectivity index (χ4v) is 5.48. The Labute approximate surface area is 331 Å². The van der Waals surface area contributed by atoms with Crippen LogP contribution in [0.25, 0.3) is 0 Å². The third-order valence-electron chi connectivity index (χ3n) is 8.44. The molecule has 6 atom stereocenters. The maximum absolute atomic E-state index is 12.1. The van der Waals surface area contributed by atoms with Gasteiger partial charge < -0.3 is 82.5 Å². The number of hydroxylamine groups is 2. The molecule has 0 saturated carbocycles. The number of aliphatic carboxylic acids is 1. The van der Waals surface area contributed by atoms with E-state index in [1.54, 1.807) is 0 Å². The highest BCUT2D eigenvalue weighted by Gasteiger charge is 2.55. The van der Waals surface area contributed by atoms with E-state index in [1.807, 2.05) is 0 Å². The van der Waals surface area contributed by atoms with Crippen LogP contribution in [0.15, 0.2) is 12.3 Å². The Morgan fingerprint density at radius 2 is 1.21 bits per heavy atom. The molecule has 0 radical (unpaired) electrons. The van der Waals surface area contributed by atoms with Gasteiger partial charge in [-0.3, -0.25) is 4.79 Å². The number of carbonyl (C=O) groups is 4. The first-order valence-corrected chi connectivity index (χ1v) is 18.9. The molecular weight excluding hydrogens is 766 g/mol. The van der Waals surface area contributed by atoms with Gasteiger partial charge in [0.15, 0.2) is 0 Å². The minimum absolute atomic E-state index is 0.00887. The number of ketones is 1. The summed E-state index contributed by atoms with van der Waals surface area (Å²) in [4.78, 5) is 52.2. The van der Waals surface area contributed by atoms with E-state index in [9.17, 15) is 44.7 Å². The normalized spacial score (nSPS) is 22.2. The summed E-state index contributed by atoms with van der Waals surface area (Å²) in [6.45, 7) is 8.69. The van der Waals surface area contributed by atoms with Crippen LogP contribution in [0.1, 0.15) is 39.0 Å². The van der Waals surface area contributed by atoms with Gasteiger partial charge in [-0.2, -0.15) is 0 Å². The molecule has 2 aliphatic heterocycles. The third-order valence-corrected chi connectivity index (χ3v) is 8.44. The van der Waals surface area contributed by atoms with Gasteiger partial charge in [-0.15, -0.1) is 5.06 Å². The van der Waals surface area contributed by atoms with Gasteiger partial charge in [0.2, 0.25) is 0 Å². The Balaban J connectivity index is 1.35. The van der Waals surface area contributed by atoms with Gasteiger partial charge in [0, 0.05) is 25.2 Å². The number of nitrogens with zero attached hydrogens (tertiary/aromatic N) is 1. The van der Waals surface area contributed by atoms with Crippen molar-refractivity contribution in [2.24, 2.45) is 5.92 Å². The fourth-order valence-electron chi connectivity index (χ4n) is 5.48. The summed E-state index contributed by atoms with van der Waals surface area (Å²) < 4.78 is 54.4. The lowest BCUT2D eigenvalue weighted by atomic mass is 9.80. The molecule has 2 aliphatic rings. The summed E-state index contributed by atoms with van der Waals surface area (Å²) in [6.07, 6.45) is -6.45. The number of aliphatic hydroxyl groups excluding tert-OH is 4. The smallest absolute Gasteiger partial charge is 0.364 e. The number of hydrogen-bond donors (Lipinski definition) is 5. The lowest BCUT2D eigenvalue weighted by molar-refractivity contribution is -0.320. The lowest BCUT2D eigenvalue weighted by Crippen LogP contribution is -2.62. The molecule has 57 heavy (non-hydrogen) atoms. The largest absolute Gasteiger partial charge is 0.477 e. The second-order valence-electron chi connectivity index (χ2n) is 12.9. The minimum Gasteiger partial charge on any atom is -0.477 e. The maximum atomic E-state index is 12.1. The first-order valence-electron chi connectivity index (χ1n) is 18.9. The number of hydrogen-bond acceptors (Lipinski definition) is 19. The third kappa shape index (κ3) is 20.2. The molecule has 21 nitrogen and oxygen atoms in total. The number of allylic oxidation sites excluding steroid dienone is 1. The van der Waals surface area contributed by atoms with E-state index in [0.717, 1.165) is 5.06 Å². The van der Waals surface area contributed by atoms with Crippen LogP contribution in [0.3, 0.4) is 0 Å². The van der Waals surface area contributed by atoms with Gasteiger partial charge in [0.25, 0.3) is 11.7 Å². The van der Waals surface area contributed by atoms with Crippen LogP contribution in [-0.4, -0.2) is 203 Å². The molecule has 2 rings (SSSR count). The van der Waals surface area contributed by atoms with Crippen LogP contribution in [-0.2, 0) is 71.4 Å². The van der Waals surface area contributed by atoms with Crippen molar-refractivity contribution >= 4 is 23.6 Å². The van der Waals surface area contributed by atoms with E-state index < -0.39 is 61.1 Å². The molecule has 5 N–H and O–H groups in total. The van der Waals surface area contributed by atoms with Crippen LogP contribution in [0.5, 0.6) is 0 Å². The second kappa shape index (κ2) is 29.5. The minimum atomic E-state index is -2.38. The van der Waals surface area contributed by atoms with E-state index in [2.05, 4.69) is 6.58 Å². The number of aliphatic hydroxyl groups is 4. The van der Waals surface area contributed by atoms with Crippen molar-refractivity contribution in [2.45, 2.75) is 69.2 Å². The van der Waals surface area contributed by atoms with Crippen LogP contribution >= 0.6 is 0 Å². The summed E-state index contributed by atoms with van der Waals surface area (Å²) in [5.74, 6) is -6.19. The Hall–Kier alpha value is -2.74. The fraction of sp³-hybridized carbons (Fsp3) is 0.833. The van der Waals surface area contributed by atoms with Crippen molar-refractivity contribution in [3.63, 3.8) is 0 Å². The zero-order valence-electron chi connectivity index (χ0n) is 32.7. The predicted molar refractivity (Wildman–Crippen MR) is 192 cm³/mol. The summed E-state index contributed by atoms with van der Waals surface area (Å²) in [6, 6.07) is 0. The summed E-state index contributed by atoms with van der Waals surface area (Å²) in [5, 5.41) is 51.1. The second-order valence-corrected chi connectivity index (χ2v) is 12.9. The highest BCUT2D eigenvalue weighted by atomic mass is 16.7. The summed E-state index contributed by atoms with van der Waals surface area (Å²) in [7, 11) is 0. The number of Topliss-reactive ketones (excluding diaryl/α,β-unsaturated/α-hetero) is 1. The van der Waals surface area contributed by atoms with Gasteiger partial charge in [-0.25, -0.2) is 9.59 Å². The van der Waals surface area contributed by atoms with Crippen molar-refractivity contribution in [1.82, 2.24) is 5.06 Å². The molecule has 330 valence electrons. The first-order chi connectivity index (χ1) is 27.4. The molecule has 0 aromatic heterocycles. The standard InChI is InChI=1S/C36H61NO20/c1-26-3-4-31(42)37(26)57-32(43)5-6-47-7-8-48-9-10-49-11-12-50-13-14-51-15-16-52-17-18-53-19-20-54-21-22-55-36(35(45)46)24-29(40)28(23-27(2)39)34(56-36)33(44)30(41)25-38/h28-30,33-34,38,40-41,44H,1,3-25H2,2H3,(H,45,46). The predicted octanol–water partition coefficient (Wildman–Crippen LogP) is -1.64. The zero-order valence-corrected chi connectivity index (χ0v) is 32.7. The molecular formula is C36H61NO20. The lowest BCUT2D eigenvalue weighted by Gasteiger charge is -2.46. The molecule has 2 heterocycles.